The summed E-state index contributed by atoms with van der Waals surface area (Å²) < 4.78 is 32.9. The average Bonchev–Trinajstić information content (AvgIpc) is 2.82. The first-order valence-corrected chi connectivity index (χ1v) is 8.81. The van der Waals surface area contributed by atoms with Crippen molar-refractivity contribution in [1.82, 2.24) is 13.6 Å². The van der Waals surface area contributed by atoms with Gasteiger partial charge in [0, 0.05) is 33.4 Å². The van der Waals surface area contributed by atoms with Gasteiger partial charge in [-0.2, -0.15) is 17.0 Å². The van der Waals surface area contributed by atoms with E-state index in [1.54, 1.807) is 24.5 Å². The number of rotatable bonds is 4. The van der Waals surface area contributed by atoms with Gasteiger partial charge in [-0.3, -0.25) is 9.78 Å². The largest absolute Gasteiger partial charge is 0.371 e. The lowest BCUT2D eigenvalue weighted by atomic mass is 9.99. The molecule has 3 rings (SSSR count). The number of pyridine rings is 1. The average molecular weight is 340 g/mol. The third-order valence-electron chi connectivity index (χ3n) is 4.18. The van der Waals surface area contributed by atoms with Crippen molar-refractivity contribution < 1.29 is 17.9 Å². The van der Waals surface area contributed by atoms with Gasteiger partial charge in [0.15, 0.2) is 0 Å². The molecule has 2 fully saturated rings. The van der Waals surface area contributed by atoms with Gasteiger partial charge in [-0.05, 0) is 18.6 Å². The highest BCUT2D eigenvalue weighted by atomic mass is 32.2. The molecule has 0 saturated carbocycles. The Morgan fingerprint density at radius 2 is 2.22 bits per heavy atom. The number of nitrogens with zero attached hydrogens (tertiary/aromatic N) is 3. The van der Waals surface area contributed by atoms with Crippen molar-refractivity contribution in [2.24, 2.45) is 5.92 Å². The monoisotopic (exact) mass is 340 g/mol. The molecule has 0 radical (unpaired) electrons. The van der Waals surface area contributed by atoms with E-state index in [1.807, 2.05) is 0 Å². The quantitative estimate of drug-likeness (QED) is 0.827. The van der Waals surface area contributed by atoms with Crippen molar-refractivity contribution >= 4 is 21.8 Å². The van der Waals surface area contributed by atoms with Crippen LogP contribution in [0.1, 0.15) is 6.42 Å². The standard InChI is InChI=1S/C14H20N4O4S/c1-17(2)23(20,21)18-8-11-6-12(13(9-18)22-11)14(19)16-10-4-3-5-15-7-10/h3-5,7,11-13H,6,8-9H2,1-2H3,(H,16,19)/t11-,12+,13-/m0/s1. The summed E-state index contributed by atoms with van der Waals surface area (Å²) in [5.41, 5.74) is 0.622. The topological polar surface area (TPSA) is 91.8 Å². The van der Waals surface area contributed by atoms with Crippen molar-refractivity contribution in [3.05, 3.63) is 24.5 Å². The molecule has 0 aliphatic carbocycles. The number of fused-ring (bicyclic) bond motifs is 2. The molecule has 0 unspecified atom stereocenters. The fourth-order valence-electron chi connectivity index (χ4n) is 2.99. The molecule has 8 nitrogen and oxygen atoms in total. The van der Waals surface area contributed by atoms with Gasteiger partial charge < -0.3 is 10.1 Å². The molecule has 0 aromatic carbocycles. The summed E-state index contributed by atoms with van der Waals surface area (Å²) in [6.45, 7) is 0.482. The van der Waals surface area contributed by atoms with E-state index in [0.717, 1.165) is 0 Å². The first-order valence-electron chi connectivity index (χ1n) is 7.42. The van der Waals surface area contributed by atoms with Gasteiger partial charge in [0.2, 0.25) is 5.91 Å². The van der Waals surface area contributed by atoms with E-state index in [1.165, 1.54) is 22.7 Å². The summed E-state index contributed by atoms with van der Waals surface area (Å²) in [5.74, 6) is -0.517. The van der Waals surface area contributed by atoms with Crippen LogP contribution in [-0.2, 0) is 19.7 Å². The molecule has 0 spiro atoms. The van der Waals surface area contributed by atoms with Crippen LogP contribution in [0.4, 0.5) is 5.69 Å². The second kappa shape index (κ2) is 6.16. The van der Waals surface area contributed by atoms with Crippen LogP contribution < -0.4 is 5.32 Å². The molecule has 9 heteroatoms. The van der Waals surface area contributed by atoms with Gasteiger partial charge in [-0.15, -0.1) is 0 Å². The number of ether oxygens (including phenoxy) is 1. The zero-order valence-electron chi connectivity index (χ0n) is 13.0. The van der Waals surface area contributed by atoms with Crippen molar-refractivity contribution in [3.63, 3.8) is 0 Å². The number of anilines is 1. The number of nitrogens with one attached hydrogen (secondary N) is 1. The second-order valence-electron chi connectivity index (χ2n) is 5.98. The van der Waals surface area contributed by atoms with Gasteiger partial charge in [0.25, 0.3) is 10.2 Å². The number of carbonyl (C=O) groups is 1. The van der Waals surface area contributed by atoms with E-state index in [2.05, 4.69) is 10.3 Å². The number of carbonyl (C=O) groups excluding carboxylic acids is 1. The summed E-state index contributed by atoms with van der Waals surface area (Å²) in [6, 6.07) is 3.50. The molecule has 3 heterocycles. The van der Waals surface area contributed by atoms with Gasteiger partial charge >= 0.3 is 0 Å². The van der Waals surface area contributed by atoms with Crippen LogP contribution in [0.3, 0.4) is 0 Å². The predicted molar refractivity (Wildman–Crippen MR) is 83.8 cm³/mol. The number of hydrogen-bond donors (Lipinski definition) is 1. The second-order valence-corrected chi connectivity index (χ2v) is 8.12. The molecule has 2 aliphatic rings. The van der Waals surface area contributed by atoms with Crippen LogP contribution in [-0.4, -0.2) is 67.3 Å². The molecule has 3 atom stereocenters. The molecule has 23 heavy (non-hydrogen) atoms. The maximum atomic E-state index is 12.5. The lowest BCUT2D eigenvalue weighted by molar-refractivity contribution is -0.122. The maximum absolute atomic E-state index is 12.5. The van der Waals surface area contributed by atoms with E-state index in [0.29, 0.717) is 12.1 Å². The Hall–Kier alpha value is -1.55. The highest BCUT2D eigenvalue weighted by Crippen LogP contribution is 2.34. The van der Waals surface area contributed by atoms with Crippen LogP contribution in [0.25, 0.3) is 0 Å². The van der Waals surface area contributed by atoms with Gasteiger partial charge in [-0.1, -0.05) is 0 Å². The molecular weight excluding hydrogens is 320 g/mol. The van der Waals surface area contributed by atoms with E-state index in [-0.39, 0.29) is 31.0 Å². The summed E-state index contributed by atoms with van der Waals surface area (Å²) >= 11 is 0. The Kier molecular flexibility index (Phi) is 4.37. The summed E-state index contributed by atoms with van der Waals surface area (Å²) in [4.78, 5) is 16.4. The molecule has 1 amide bonds. The molecule has 2 bridgehead atoms. The van der Waals surface area contributed by atoms with Crippen molar-refractivity contribution in [2.75, 3.05) is 32.5 Å². The first kappa shape index (κ1) is 16.3. The van der Waals surface area contributed by atoms with Crippen molar-refractivity contribution in [1.29, 1.82) is 0 Å². The Labute approximate surface area is 135 Å². The normalized spacial score (nSPS) is 28.0. The van der Waals surface area contributed by atoms with Crippen LogP contribution in [0.5, 0.6) is 0 Å². The Morgan fingerprint density at radius 3 is 2.87 bits per heavy atom. The minimum absolute atomic E-state index is 0.158. The van der Waals surface area contributed by atoms with E-state index >= 15 is 0 Å². The zero-order valence-corrected chi connectivity index (χ0v) is 13.9. The Balaban J connectivity index is 1.70. The fourth-order valence-corrected chi connectivity index (χ4v) is 4.14. The smallest absolute Gasteiger partial charge is 0.281 e. The van der Waals surface area contributed by atoms with Gasteiger partial charge in [0.05, 0.1) is 30.0 Å². The third kappa shape index (κ3) is 3.23. The van der Waals surface area contributed by atoms with Gasteiger partial charge in [-0.25, -0.2) is 0 Å². The molecule has 1 N–H and O–H groups in total. The fraction of sp³-hybridized carbons (Fsp3) is 0.571. The first-order chi connectivity index (χ1) is 10.9. The van der Waals surface area contributed by atoms with Crippen LogP contribution >= 0.6 is 0 Å². The number of amides is 1. The highest BCUT2D eigenvalue weighted by Gasteiger charge is 2.47. The molecule has 2 aliphatic heterocycles. The Morgan fingerprint density at radius 1 is 1.43 bits per heavy atom. The third-order valence-corrected chi connectivity index (χ3v) is 6.05. The molecule has 1 aromatic heterocycles. The lowest BCUT2D eigenvalue weighted by Gasteiger charge is -2.33. The van der Waals surface area contributed by atoms with E-state index < -0.39 is 16.3 Å². The zero-order chi connectivity index (χ0) is 16.6. The summed E-state index contributed by atoms with van der Waals surface area (Å²) in [6.07, 6.45) is 3.07. The number of morpholine rings is 1. The molecule has 1 aromatic rings. The minimum atomic E-state index is -3.49. The van der Waals surface area contributed by atoms with E-state index in [4.69, 9.17) is 4.74 Å². The lowest BCUT2D eigenvalue weighted by Crippen LogP contribution is -2.50. The number of hydrogen-bond acceptors (Lipinski definition) is 5. The Bertz CT molecular complexity index is 679. The summed E-state index contributed by atoms with van der Waals surface area (Å²) in [5, 5.41) is 2.81. The minimum Gasteiger partial charge on any atom is -0.371 e. The highest BCUT2D eigenvalue weighted by molar-refractivity contribution is 7.86. The molecular formula is C14H20N4O4S. The van der Waals surface area contributed by atoms with Crippen LogP contribution in [0.15, 0.2) is 24.5 Å². The maximum Gasteiger partial charge on any atom is 0.281 e. The van der Waals surface area contributed by atoms with Gasteiger partial charge in [0.1, 0.15) is 0 Å². The van der Waals surface area contributed by atoms with Crippen molar-refractivity contribution in [3.8, 4) is 0 Å². The van der Waals surface area contributed by atoms with Crippen molar-refractivity contribution in [2.45, 2.75) is 18.6 Å². The van der Waals surface area contributed by atoms with E-state index in [9.17, 15) is 13.2 Å². The molecule has 2 saturated heterocycles. The number of aromatic nitrogens is 1. The van der Waals surface area contributed by atoms with Crippen LogP contribution in [0.2, 0.25) is 0 Å². The SMILES string of the molecule is CN(C)S(=O)(=O)N1C[C@@H]2C[C@@H](C(=O)Nc3cccnc3)[C@H](C1)O2. The molecule has 126 valence electrons. The summed E-state index contributed by atoms with van der Waals surface area (Å²) in [7, 11) is -0.490. The van der Waals surface area contributed by atoms with Crippen LogP contribution in [0, 0.1) is 5.92 Å². The predicted octanol–water partition coefficient (Wildman–Crippen LogP) is -0.0842.